The van der Waals surface area contributed by atoms with Crippen LogP contribution in [0.1, 0.15) is 36.0 Å². The number of benzene rings is 1. The second-order valence-electron chi connectivity index (χ2n) is 6.50. The third-order valence-corrected chi connectivity index (χ3v) is 4.81. The van der Waals surface area contributed by atoms with Crippen molar-refractivity contribution >= 4 is 17.6 Å². The lowest BCUT2D eigenvalue weighted by Crippen LogP contribution is -2.52. The highest BCUT2D eigenvalue weighted by Gasteiger charge is 2.31. The Kier molecular flexibility index (Phi) is 5.81. The van der Waals surface area contributed by atoms with Crippen LogP contribution in [0.15, 0.2) is 30.3 Å². The third kappa shape index (κ3) is 4.45. The number of carbonyl (C=O) groups is 3. The lowest BCUT2D eigenvalue weighted by atomic mass is 10.1. The SMILES string of the molecule is O=C(CCC(=O)N1CCN(C(=O)C2CCCO2)CC1)c1ccccc1. The van der Waals surface area contributed by atoms with Gasteiger partial charge in [0.15, 0.2) is 5.78 Å². The number of ketones is 1. The first-order valence-electron chi connectivity index (χ1n) is 8.91. The number of amides is 2. The van der Waals surface area contributed by atoms with Gasteiger partial charge in [0.05, 0.1) is 0 Å². The van der Waals surface area contributed by atoms with Gasteiger partial charge >= 0.3 is 0 Å². The van der Waals surface area contributed by atoms with Crippen molar-refractivity contribution in [1.29, 1.82) is 0 Å². The number of carbonyl (C=O) groups excluding carboxylic acids is 3. The molecule has 0 aromatic heterocycles. The van der Waals surface area contributed by atoms with Crippen LogP contribution in [0.4, 0.5) is 0 Å². The molecule has 134 valence electrons. The molecule has 1 aromatic rings. The predicted molar refractivity (Wildman–Crippen MR) is 92.1 cm³/mol. The predicted octanol–water partition coefficient (Wildman–Crippen LogP) is 1.50. The Morgan fingerprint density at radius 2 is 1.64 bits per heavy atom. The average Bonchev–Trinajstić information content (AvgIpc) is 3.21. The molecule has 1 atom stereocenters. The Labute approximate surface area is 147 Å². The van der Waals surface area contributed by atoms with E-state index in [-0.39, 0.29) is 36.5 Å². The summed E-state index contributed by atoms with van der Waals surface area (Å²) in [4.78, 5) is 40.2. The summed E-state index contributed by atoms with van der Waals surface area (Å²) in [5.74, 6) is 0.0125. The van der Waals surface area contributed by atoms with Gasteiger partial charge in [0.25, 0.3) is 5.91 Å². The summed E-state index contributed by atoms with van der Waals surface area (Å²) in [6.45, 7) is 2.78. The van der Waals surface area contributed by atoms with Crippen molar-refractivity contribution < 1.29 is 19.1 Å². The standard InChI is InChI=1S/C19H24N2O4/c22-16(15-5-2-1-3-6-15)8-9-18(23)20-10-12-21(13-11-20)19(24)17-7-4-14-25-17/h1-3,5-6,17H,4,7-14H2. The Morgan fingerprint density at radius 1 is 0.960 bits per heavy atom. The van der Waals surface area contributed by atoms with E-state index in [0.717, 1.165) is 12.8 Å². The van der Waals surface area contributed by atoms with Crippen molar-refractivity contribution in [2.24, 2.45) is 0 Å². The minimum absolute atomic E-state index is 0.0128. The topological polar surface area (TPSA) is 66.9 Å². The van der Waals surface area contributed by atoms with Crippen molar-refractivity contribution in [2.75, 3.05) is 32.8 Å². The fourth-order valence-electron chi connectivity index (χ4n) is 3.30. The zero-order valence-electron chi connectivity index (χ0n) is 14.4. The fourth-order valence-corrected chi connectivity index (χ4v) is 3.30. The Balaban J connectivity index is 1.42. The highest BCUT2D eigenvalue weighted by atomic mass is 16.5. The first-order chi connectivity index (χ1) is 12.1. The molecule has 1 unspecified atom stereocenters. The highest BCUT2D eigenvalue weighted by Crippen LogP contribution is 2.16. The van der Waals surface area contributed by atoms with Gasteiger partial charge in [-0.25, -0.2) is 0 Å². The number of Topliss-reactive ketones (excluding diaryl/α,β-unsaturated/α-hetero) is 1. The molecule has 25 heavy (non-hydrogen) atoms. The molecule has 1 aromatic carbocycles. The van der Waals surface area contributed by atoms with Crippen LogP contribution in [-0.4, -0.2) is 66.3 Å². The van der Waals surface area contributed by atoms with Crippen molar-refractivity contribution in [1.82, 2.24) is 9.80 Å². The van der Waals surface area contributed by atoms with Gasteiger partial charge < -0.3 is 14.5 Å². The molecule has 0 radical (unpaired) electrons. The first kappa shape index (κ1) is 17.6. The summed E-state index contributed by atoms with van der Waals surface area (Å²) in [7, 11) is 0. The first-order valence-corrected chi connectivity index (χ1v) is 8.91. The molecule has 2 aliphatic rings. The van der Waals surface area contributed by atoms with E-state index in [1.54, 1.807) is 21.9 Å². The molecule has 6 nitrogen and oxygen atoms in total. The van der Waals surface area contributed by atoms with Crippen LogP contribution in [0.3, 0.4) is 0 Å². The van der Waals surface area contributed by atoms with E-state index in [1.807, 2.05) is 18.2 Å². The Morgan fingerprint density at radius 3 is 2.28 bits per heavy atom. The van der Waals surface area contributed by atoms with Crippen molar-refractivity contribution in [3.63, 3.8) is 0 Å². The van der Waals surface area contributed by atoms with E-state index in [0.29, 0.717) is 38.3 Å². The van der Waals surface area contributed by atoms with Gasteiger partial charge in [0.2, 0.25) is 5.91 Å². The molecule has 6 heteroatoms. The van der Waals surface area contributed by atoms with Crippen molar-refractivity contribution in [2.45, 2.75) is 31.8 Å². The van der Waals surface area contributed by atoms with Crippen LogP contribution >= 0.6 is 0 Å². The number of ether oxygens (including phenoxy) is 1. The highest BCUT2D eigenvalue weighted by molar-refractivity contribution is 5.97. The second-order valence-corrected chi connectivity index (χ2v) is 6.50. The minimum Gasteiger partial charge on any atom is -0.368 e. The third-order valence-electron chi connectivity index (χ3n) is 4.81. The molecule has 2 heterocycles. The molecular formula is C19H24N2O4. The summed E-state index contributed by atoms with van der Waals surface area (Å²) in [6, 6.07) is 9.03. The average molecular weight is 344 g/mol. The Bertz CT molecular complexity index is 618. The molecular weight excluding hydrogens is 320 g/mol. The van der Waals surface area contributed by atoms with Crippen molar-refractivity contribution in [3.05, 3.63) is 35.9 Å². The normalized spacial score (nSPS) is 20.6. The quantitative estimate of drug-likeness (QED) is 0.759. The van der Waals surface area contributed by atoms with Gasteiger partial charge in [0, 0.05) is 51.2 Å². The van der Waals surface area contributed by atoms with Gasteiger partial charge in [-0.3, -0.25) is 14.4 Å². The molecule has 0 saturated carbocycles. The van der Waals surface area contributed by atoms with E-state index in [1.165, 1.54) is 0 Å². The monoisotopic (exact) mass is 344 g/mol. The lowest BCUT2D eigenvalue weighted by Gasteiger charge is -2.35. The number of nitrogens with zero attached hydrogens (tertiary/aromatic N) is 2. The summed E-state index contributed by atoms with van der Waals surface area (Å²) < 4.78 is 5.44. The molecule has 0 bridgehead atoms. The number of hydrogen-bond acceptors (Lipinski definition) is 4. The summed E-state index contributed by atoms with van der Waals surface area (Å²) in [6.07, 6.45) is 1.86. The van der Waals surface area contributed by atoms with Gasteiger partial charge in [-0.15, -0.1) is 0 Å². The zero-order valence-corrected chi connectivity index (χ0v) is 14.4. The number of hydrogen-bond donors (Lipinski definition) is 0. The van der Waals surface area contributed by atoms with Crippen LogP contribution < -0.4 is 0 Å². The second kappa shape index (κ2) is 8.25. The maximum absolute atomic E-state index is 12.3. The number of rotatable bonds is 5. The van der Waals surface area contributed by atoms with Crippen LogP contribution in [0, 0.1) is 0 Å². The maximum Gasteiger partial charge on any atom is 0.251 e. The van der Waals surface area contributed by atoms with Crippen LogP contribution in [0.2, 0.25) is 0 Å². The lowest BCUT2D eigenvalue weighted by molar-refractivity contribution is -0.146. The van der Waals surface area contributed by atoms with E-state index in [9.17, 15) is 14.4 Å². The summed E-state index contributed by atoms with van der Waals surface area (Å²) in [5, 5.41) is 0. The molecule has 2 saturated heterocycles. The molecule has 3 rings (SSSR count). The minimum atomic E-state index is -0.300. The number of piperazine rings is 1. The molecule has 0 aliphatic carbocycles. The van der Waals surface area contributed by atoms with E-state index >= 15 is 0 Å². The molecule has 2 fully saturated rings. The van der Waals surface area contributed by atoms with Gasteiger partial charge in [-0.1, -0.05) is 30.3 Å². The van der Waals surface area contributed by atoms with Crippen LogP contribution in [0.5, 0.6) is 0 Å². The van der Waals surface area contributed by atoms with Gasteiger partial charge in [-0.2, -0.15) is 0 Å². The Hall–Kier alpha value is -2.21. The molecule has 2 amide bonds. The largest absolute Gasteiger partial charge is 0.368 e. The van der Waals surface area contributed by atoms with Crippen LogP contribution in [0.25, 0.3) is 0 Å². The summed E-state index contributed by atoms with van der Waals surface area (Å²) in [5.41, 5.74) is 0.641. The molecule has 0 spiro atoms. The smallest absolute Gasteiger partial charge is 0.251 e. The molecule has 0 N–H and O–H groups in total. The van der Waals surface area contributed by atoms with E-state index < -0.39 is 0 Å². The van der Waals surface area contributed by atoms with Crippen molar-refractivity contribution in [3.8, 4) is 0 Å². The maximum atomic E-state index is 12.3. The molecule has 2 aliphatic heterocycles. The van der Waals surface area contributed by atoms with Crippen LogP contribution in [-0.2, 0) is 14.3 Å². The van der Waals surface area contributed by atoms with Gasteiger partial charge in [-0.05, 0) is 12.8 Å². The zero-order chi connectivity index (χ0) is 17.6. The van der Waals surface area contributed by atoms with Gasteiger partial charge in [0.1, 0.15) is 6.10 Å². The fraction of sp³-hybridized carbons (Fsp3) is 0.526. The van der Waals surface area contributed by atoms with E-state index in [2.05, 4.69) is 0 Å². The van der Waals surface area contributed by atoms with E-state index in [4.69, 9.17) is 4.74 Å². The summed E-state index contributed by atoms with van der Waals surface area (Å²) >= 11 is 0.